The van der Waals surface area contributed by atoms with Crippen LogP contribution in [0, 0.1) is 45.8 Å². The molecule has 0 radical (unpaired) electrons. The molecule has 14 heavy (non-hydrogen) atoms. The predicted octanol–water partition coefficient (Wildman–Crippen LogP) is 3.11. The van der Waals surface area contributed by atoms with E-state index in [4.69, 9.17) is 10.5 Å². The van der Waals surface area contributed by atoms with Crippen molar-refractivity contribution in [1.29, 1.82) is 10.5 Å². The first-order chi connectivity index (χ1) is 6.48. The SMILES string of the molecule is CC1CC(C(C#N)C#N)CC(C)(C)C1. The molecule has 0 spiro atoms. The van der Waals surface area contributed by atoms with Crippen molar-refractivity contribution in [3.8, 4) is 12.1 Å². The standard InChI is InChI=1S/C12H18N2/c1-9-4-10(11(7-13)8-14)6-12(2,3)5-9/h9-11H,4-6H2,1-3H3. The highest BCUT2D eigenvalue weighted by Gasteiger charge is 2.35. The van der Waals surface area contributed by atoms with E-state index < -0.39 is 5.92 Å². The third-order valence-electron chi connectivity index (χ3n) is 3.17. The molecular weight excluding hydrogens is 172 g/mol. The maximum absolute atomic E-state index is 8.86. The van der Waals surface area contributed by atoms with Gasteiger partial charge in [0.05, 0.1) is 12.1 Å². The monoisotopic (exact) mass is 190 g/mol. The Morgan fingerprint density at radius 1 is 1.21 bits per heavy atom. The van der Waals surface area contributed by atoms with Crippen LogP contribution in [0.2, 0.25) is 0 Å². The van der Waals surface area contributed by atoms with Crippen LogP contribution in [0.25, 0.3) is 0 Å². The van der Waals surface area contributed by atoms with E-state index in [2.05, 4.69) is 32.9 Å². The van der Waals surface area contributed by atoms with E-state index in [-0.39, 0.29) is 5.92 Å². The summed E-state index contributed by atoms with van der Waals surface area (Å²) in [5, 5.41) is 17.7. The van der Waals surface area contributed by atoms with Crippen LogP contribution in [-0.4, -0.2) is 0 Å². The van der Waals surface area contributed by atoms with Crippen molar-refractivity contribution < 1.29 is 0 Å². The number of rotatable bonds is 1. The van der Waals surface area contributed by atoms with Gasteiger partial charge in [0.15, 0.2) is 0 Å². The lowest BCUT2D eigenvalue weighted by atomic mass is 9.65. The molecule has 0 aromatic carbocycles. The average Bonchev–Trinajstić information content (AvgIpc) is 2.02. The van der Waals surface area contributed by atoms with Crippen LogP contribution in [0.1, 0.15) is 40.0 Å². The zero-order valence-corrected chi connectivity index (χ0v) is 9.25. The molecule has 1 saturated carbocycles. The van der Waals surface area contributed by atoms with Gasteiger partial charge in [0, 0.05) is 0 Å². The summed E-state index contributed by atoms with van der Waals surface area (Å²) in [6.45, 7) is 6.70. The fourth-order valence-corrected chi connectivity index (χ4v) is 2.91. The Bertz CT molecular complexity index is 266. The van der Waals surface area contributed by atoms with Crippen molar-refractivity contribution in [3.63, 3.8) is 0 Å². The molecule has 0 amide bonds. The van der Waals surface area contributed by atoms with E-state index in [0.717, 1.165) is 12.8 Å². The summed E-state index contributed by atoms with van der Waals surface area (Å²) in [5.41, 5.74) is 0.300. The first kappa shape index (κ1) is 11.1. The van der Waals surface area contributed by atoms with Crippen molar-refractivity contribution in [2.24, 2.45) is 23.2 Å². The van der Waals surface area contributed by atoms with Crippen molar-refractivity contribution >= 4 is 0 Å². The summed E-state index contributed by atoms with van der Waals surface area (Å²) in [6.07, 6.45) is 3.27. The second kappa shape index (κ2) is 4.01. The Kier molecular flexibility index (Phi) is 3.17. The van der Waals surface area contributed by atoms with E-state index >= 15 is 0 Å². The third kappa shape index (κ3) is 2.48. The Morgan fingerprint density at radius 2 is 1.79 bits per heavy atom. The number of nitriles is 2. The van der Waals surface area contributed by atoms with Crippen molar-refractivity contribution in [2.75, 3.05) is 0 Å². The average molecular weight is 190 g/mol. The van der Waals surface area contributed by atoms with E-state index in [1.165, 1.54) is 6.42 Å². The van der Waals surface area contributed by atoms with Gasteiger partial charge in [-0.3, -0.25) is 0 Å². The molecule has 76 valence electrons. The largest absolute Gasteiger partial charge is 0.197 e. The Hall–Kier alpha value is -1.02. The summed E-state index contributed by atoms with van der Waals surface area (Å²) in [5.74, 6) is 0.522. The van der Waals surface area contributed by atoms with Gasteiger partial charge in [0.1, 0.15) is 5.92 Å². The molecule has 1 aliphatic carbocycles. The molecule has 0 N–H and O–H groups in total. The van der Waals surface area contributed by atoms with E-state index in [1.54, 1.807) is 0 Å². The quantitative estimate of drug-likeness (QED) is 0.637. The molecular formula is C12H18N2. The van der Waals surface area contributed by atoms with Crippen LogP contribution in [0.3, 0.4) is 0 Å². The zero-order valence-electron chi connectivity index (χ0n) is 9.25. The lowest BCUT2D eigenvalue weighted by molar-refractivity contribution is 0.121. The van der Waals surface area contributed by atoms with Gasteiger partial charge in [-0.25, -0.2) is 0 Å². The first-order valence-electron chi connectivity index (χ1n) is 5.28. The molecule has 0 bridgehead atoms. The molecule has 1 fully saturated rings. The van der Waals surface area contributed by atoms with Gasteiger partial charge in [-0.2, -0.15) is 10.5 Å². The van der Waals surface area contributed by atoms with Crippen LogP contribution in [0.4, 0.5) is 0 Å². The molecule has 2 atom stereocenters. The minimum Gasteiger partial charge on any atom is -0.197 e. The van der Waals surface area contributed by atoms with E-state index in [9.17, 15) is 0 Å². The lowest BCUT2D eigenvalue weighted by Gasteiger charge is -2.39. The molecule has 2 nitrogen and oxygen atoms in total. The summed E-state index contributed by atoms with van der Waals surface area (Å²) >= 11 is 0. The molecule has 0 saturated heterocycles. The maximum atomic E-state index is 8.86. The normalized spacial score (nSPS) is 30.7. The Labute approximate surface area is 86.5 Å². The Morgan fingerprint density at radius 3 is 2.21 bits per heavy atom. The summed E-state index contributed by atoms with van der Waals surface area (Å²) in [6, 6.07) is 4.24. The zero-order chi connectivity index (χ0) is 10.8. The summed E-state index contributed by atoms with van der Waals surface area (Å²) in [7, 11) is 0. The highest BCUT2D eigenvalue weighted by atomic mass is 14.4. The highest BCUT2D eigenvalue weighted by molar-refractivity contribution is 5.04. The first-order valence-corrected chi connectivity index (χ1v) is 5.28. The molecule has 2 unspecified atom stereocenters. The van der Waals surface area contributed by atoms with Gasteiger partial charge in [0.2, 0.25) is 0 Å². The molecule has 1 aliphatic rings. The van der Waals surface area contributed by atoms with Crippen LogP contribution in [-0.2, 0) is 0 Å². The minimum atomic E-state index is -0.406. The van der Waals surface area contributed by atoms with Crippen LogP contribution in [0.5, 0.6) is 0 Å². The van der Waals surface area contributed by atoms with E-state index in [0.29, 0.717) is 11.3 Å². The lowest BCUT2D eigenvalue weighted by Crippen LogP contribution is -2.30. The fourth-order valence-electron chi connectivity index (χ4n) is 2.91. The topological polar surface area (TPSA) is 47.6 Å². The third-order valence-corrected chi connectivity index (χ3v) is 3.17. The van der Waals surface area contributed by atoms with Gasteiger partial charge >= 0.3 is 0 Å². The number of hydrogen-bond donors (Lipinski definition) is 0. The van der Waals surface area contributed by atoms with Gasteiger partial charge in [-0.1, -0.05) is 20.8 Å². The molecule has 0 aromatic rings. The minimum absolute atomic E-state index is 0.281. The van der Waals surface area contributed by atoms with Gasteiger partial charge in [-0.15, -0.1) is 0 Å². The fraction of sp³-hybridized carbons (Fsp3) is 0.833. The van der Waals surface area contributed by atoms with Crippen LogP contribution >= 0.6 is 0 Å². The maximum Gasteiger partial charge on any atom is 0.136 e. The van der Waals surface area contributed by atoms with Gasteiger partial charge < -0.3 is 0 Å². The Balaban J connectivity index is 2.73. The predicted molar refractivity (Wildman–Crippen MR) is 55.0 cm³/mol. The number of nitrogens with zero attached hydrogens (tertiary/aromatic N) is 2. The van der Waals surface area contributed by atoms with Crippen LogP contribution < -0.4 is 0 Å². The summed E-state index contributed by atoms with van der Waals surface area (Å²) < 4.78 is 0. The van der Waals surface area contributed by atoms with Crippen molar-refractivity contribution in [2.45, 2.75) is 40.0 Å². The smallest absolute Gasteiger partial charge is 0.136 e. The summed E-state index contributed by atoms with van der Waals surface area (Å²) in [4.78, 5) is 0. The van der Waals surface area contributed by atoms with Crippen molar-refractivity contribution in [3.05, 3.63) is 0 Å². The molecule has 0 heterocycles. The van der Waals surface area contributed by atoms with Crippen molar-refractivity contribution in [1.82, 2.24) is 0 Å². The number of hydrogen-bond acceptors (Lipinski definition) is 2. The second-order valence-corrected chi connectivity index (χ2v) is 5.41. The molecule has 2 heteroatoms. The van der Waals surface area contributed by atoms with Gasteiger partial charge in [-0.05, 0) is 36.5 Å². The molecule has 0 aromatic heterocycles. The van der Waals surface area contributed by atoms with Crippen LogP contribution in [0.15, 0.2) is 0 Å². The van der Waals surface area contributed by atoms with E-state index in [1.807, 2.05) is 0 Å². The molecule has 1 rings (SSSR count). The van der Waals surface area contributed by atoms with Gasteiger partial charge in [0.25, 0.3) is 0 Å². The highest BCUT2D eigenvalue weighted by Crippen LogP contribution is 2.44. The molecule has 0 aliphatic heterocycles. The second-order valence-electron chi connectivity index (χ2n) is 5.41.